The lowest BCUT2D eigenvalue weighted by molar-refractivity contribution is -0.115. The largest absolute Gasteiger partial charge is 0.497 e. The second-order valence-corrected chi connectivity index (χ2v) is 4.56. The maximum absolute atomic E-state index is 11.8. The number of aromatic nitrogens is 1. The van der Waals surface area contributed by atoms with Gasteiger partial charge in [0.15, 0.2) is 0 Å². The van der Waals surface area contributed by atoms with Crippen LogP contribution in [0.5, 0.6) is 5.75 Å². The average molecular weight is 285 g/mol. The molecule has 110 valence electrons. The van der Waals surface area contributed by atoms with Crippen LogP contribution in [-0.2, 0) is 11.2 Å². The normalized spacial score (nSPS) is 10.1. The molecule has 0 radical (unpaired) electrons. The first-order chi connectivity index (χ1) is 10.3. The van der Waals surface area contributed by atoms with Gasteiger partial charge in [-0.15, -0.1) is 0 Å². The Morgan fingerprint density at radius 2 is 2.05 bits per heavy atom. The molecule has 0 saturated heterocycles. The number of amides is 1. The third kappa shape index (κ3) is 5.24. The van der Waals surface area contributed by atoms with Crippen molar-refractivity contribution in [2.45, 2.75) is 6.42 Å². The molecule has 1 heterocycles. The molecule has 1 aromatic carbocycles. The van der Waals surface area contributed by atoms with E-state index in [0.717, 1.165) is 30.0 Å². The highest BCUT2D eigenvalue weighted by Crippen LogP contribution is 2.14. The molecular formula is C16H19N3O2. The third-order valence-corrected chi connectivity index (χ3v) is 2.97. The van der Waals surface area contributed by atoms with Crippen LogP contribution in [0.15, 0.2) is 48.8 Å². The van der Waals surface area contributed by atoms with Gasteiger partial charge in [0.25, 0.3) is 0 Å². The summed E-state index contributed by atoms with van der Waals surface area (Å²) in [7, 11) is 1.61. The van der Waals surface area contributed by atoms with Crippen LogP contribution in [0.3, 0.4) is 0 Å². The van der Waals surface area contributed by atoms with E-state index < -0.39 is 0 Å². The van der Waals surface area contributed by atoms with Crippen LogP contribution in [0, 0.1) is 0 Å². The zero-order valence-electron chi connectivity index (χ0n) is 12.0. The van der Waals surface area contributed by atoms with Gasteiger partial charge in [-0.2, -0.15) is 0 Å². The van der Waals surface area contributed by atoms with Crippen molar-refractivity contribution in [1.82, 2.24) is 10.3 Å². The molecular weight excluding hydrogens is 266 g/mol. The van der Waals surface area contributed by atoms with Crippen molar-refractivity contribution in [3.05, 3.63) is 54.4 Å². The Morgan fingerprint density at radius 3 is 2.71 bits per heavy atom. The van der Waals surface area contributed by atoms with Gasteiger partial charge in [-0.1, -0.05) is 6.07 Å². The summed E-state index contributed by atoms with van der Waals surface area (Å²) in [4.78, 5) is 15.8. The lowest BCUT2D eigenvalue weighted by Gasteiger charge is -2.07. The van der Waals surface area contributed by atoms with E-state index in [9.17, 15) is 4.79 Å². The van der Waals surface area contributed by atoms with Crippen molar-refractivity contribution in [3.63, 3.8) is 0 Å². The molecule has 1 aromatic heterocycles. The van der Waals surface area contributed by atoms with E-state index in [-0.39, 0.29) is 12.5 Å². The standard InChI is InChI=1S/C16H19N3O2/c1-21-15-6-4-14(5-7-15)19-16(20)12-18-10-8-13-3-2-9-17-11-13/h2-7,9,11,18H,8,10,12H2,1H3,(H,19,20). The highest BCUT2D eigenvalue weighted by atomic mass is 16.5. The molecule has 2 aromatic rings. The monoisotopic (exact) mass is 285 g/mol. The van der Waals surface area contributed by atoms with E-state index >= 15 is 0 Å². The van der Waals surface area contributed by atoms with Crippen molar-refractivity contribution in [3.8, 4) is 5.75 Å². The van der Waals surface area contributed by atoms with Crippen LogP contribution in [0.4, 0.5) is 5.69 Å². The van der Waals surface area contributed by atoms with Crippen molar-refractivity contribution in [1.29, 1.82) is 0 Å². The van der Waals surface area contributed by atoms with Crippen molar-refractivity contribution >= 4 is 11.6 Å². The summed E-state index contributed by atoms with van der Waals surface area (Å²) in [5, 5.41) is 5.93. The van der Waals surface area contributed by atoms with Gasteiger partial charge in [0.2, 0.25) is 5.91 Å². The van der Waals surface area contributed by atoms with Gasteiger partial charge < -0.3 is 15.4 Å². The summed E-state index contributed by atoms with van der Waals surface area (Å²) in [5.74, 6) is 0.703. The minimum atomic E-state index is -0.0636. The first-order valence-corrected chi connectivity index (χ1v) is 6.81. The van der Waals surface area contributed by atoms with Crippen LogP contribution >= 0.6 is 0 Å². The molecule has 21 heavy (non-hydrogen) atoms. The Labute approximate surface area is 124 Å². The molecule has 0 unspecified atom stereocenters. The first kappa shape index (κ1) is 15.0. The molecule has 0 fully saturated rings. The molecule has 5 heteroatoms. The number of hydrogen-bond acceptors (Lipinski definition) is 4. The van der Waals surface area contributed by atoms with Gasteiger partial charge in [0.05, 0.1) is 13.7 Å². The highest BCUT2D eigenvalue weighted by molar-refractivity contribution is 5.92. The van der Waals surface area contributed by atoms with Gasteiger partial charge in [-0.05, 0) is 48.9 Å². The van der Waals surface area contributed by atoms with Crippen LogP contribution in [-0.4, -0.2) is 31.1 Å². The Hall–Kier alpha value is -2.40. The van der Waals surface area contributed by atoms with Crippen molar-refractivity contribution in [2.75, 3.05) is 25.5 Å². The Morgan fingerprint density at radius 1 is 1.24 bits per heavy atom. The fourth-order valence-corrected chi connectivity index (χ4v) is 1.86. The van der Waals surface area contributed by atoms with E-state index in [0.29, 0.717) is 0 Å². The van der Waals surface area contributed by atoms with Gasteiger partial charge >= 0.3 is 0 Å². The number of anilines is 1. The van der Waals surface area contributed by atoms with Crippen LogP contribution < -0.4 is 15.4 Å². The van der Waals surface area contributed by atoms with Crippen molar-refractivity contribution < 1.29 is 9.53 Å². The van der Waals surface area contributed by atoms with E-state index in [2.05, 4.69) is 15.6 Å². The highest BCUT2D eigenvalue weighted by Gasteiger charge is 2.02. The number of nitrogens with zero attached hydrogens (tertiary/aromatic N) is 1. The summed E-state index contributed by atoms with van der Waals surface area (Å²) in [6, 6.07) is 11.2. The van der Waals surface area contributed by atoms with E-state index in [4.69, 9.17) is 4.74 Å². The molecule has 0 saturated carbocycles. The number of carbonyl (C=O) groups excluding carboxylic acids is 1. The Bertz CT molecular complexity index is 555. The quantitative estimate of drug-likeness (QED) is 0.762. The molecule has 1 amide bonds. The summed E-state index contributed by atoms with van der Waals surface area (Å²) in [6.07, 6.45) is 4.43. The van der Waals surface area contributed by atoms with Crippen LogP contribution in [0.2, 0.25) is 0 Å². The second-order valence-electron chi connectivity index (χ2n) is 4.56. The fraction of sp³-hybridized carbons (Fsp3) is 0.250. The average Bonchev–Trinajstić information content (AvgIpc) is 2.53. The number of pyridine rings is 1. The fourth-order valence-electron chi connectivity index (χ4n) is 1.86. The molecule has 2 rings (SSSR count). The van der Waals surface area contributed by atoms with Gasteiger partial charge in [0, 0.05) is 18.1 Å². The number of nitrogens with one attached hydrogen (secondary N) is 2. The second kappa shape index (κ2) is 8.01. The maximum Gasteiger partial charge on any atom is 0.238 e. The smallest absolute Gasteiger partial charge is 0.238 e. The minimum Gasteiger partial charge on any atom is -0.497 e. The van der Waals surface area contributed by atoms with E-state index in [1.54, 1.807) is 13.3 Å². The number of rotatable bonds is 7. The molecule has 2 N–H and O–H groups in total. The van der Waals surface area contributed by atoms with Crippen LogP contribution in [0.1, 0.15) is 5.56 Å². The molecule has 0 atom stereocenters. The number of benzene rings is 1. The molecule has 0 bridgehead atoms. The summed E-state index contributed by atoms with van der Waals surface area (Å²) < 4.78 is 5.07. The first-order valence-electron chi connectivity index (χ1n) is 6.81. The van der Waals surface area contributed by atoms with Gasteiger partial charge in [0.1, 0.15) is 5.75 Å². The zero-order chi connectivity index (χ0) is 14.9. The lowest BCUT2D eigenvalue weighted by atomic mass is 10.2. The van der Waals surface area contributed by atoms with E-state index in [1.165, 1.54) is 0 Å². The molecule has 0 aliphatic heterocycles. The zero-order valence-corrected chi connectivity index (χ0v) is 12.0. The summed E-state index contributed by atoms with van der Waals surface area (Å²) >= 11 is 0. The Balaban J connectivity index is 1.67. The molecule has 0 aliphatic rings. The third-order valence-electron chi connectivity index (χ3n) is 2.97. The number of hydrogen-bond donors (Lipinski definition) is 2. The number of ether oxygens (including phenoxy) is 1. The van der Waals surface area contributed by atoms with Crippen molar-refractivity contribution in [2.24, 2.45) is 0 Å². The predicted octanol–water partition coefficient (Wildman–Crippen LogP) is 1.86. The number of carbonyl (C=O) groups is 1. The summed E-state index contributed by atoms with van der Waals surface area (Å²) in [6.45, 7) is 1.02. The molecule has 0 spiro atoms. The molecule has 0 aliphatic carbocycles. The number of methoxy groups -OCH3 is 1. The maximum atomic E-state index is 11.8. The predicted molar refractivity (Wildman–Crippen MR) is 82.4 cm³/mol. The van der Waals surface area contributed by atoms with E-state index in [1.807, 2.05) is 42.6 Å². The minimum absolute atomic E-state index is 0.0636. The Kier molecular flexibility index (Phi) is 5.72. The summed E-state index contributed by atoms with van der Waals surface area (Å²) in [5.41, 5.74) is 1.91. The topological polar surface area (TPSA) is 63.2 Å². The SMILES string of the molecule is COc1ccc(NC(=O)CNCCc2cccnc2)cc1. The van der Waals surface area contributed by atoms with Gasteiger partial charge in [-0.25, -0.2) is 0 Å². The molecule has 5 nitrogen and oxygen atoms in total. The van der Waals surface area contributed by atoms with Crippen LogP contribution in [0.25, 0.3) is 0 Å². The van der Waals surface area contributed by atoms with Gasteiger partial charge in [-0.3, -0.25) is 9.78 Å². The lowest BCUT2D eigenvalue weighted by Crippen LogP contribution is -2.29.